The summed E-state index contributed by atoms with van der Waals surface area (Å²) in [6.07, 6.45) is 2.51. The molecule has 0 radical (unpaired) electrons. The lowest BCUT2D eigenvalue weighted by Crippen LogP contribution is -2.43. The summed E-state index contributed by atoms with van der Waals surface area (Å²) in [4.78, 5) is 11.8. The summed E-state index contributed by atoms with van der Waals surface area (Å²) in [7, 11) is -3.60. The SMILES string of the molecule is C=CC(c1cccs1)S(=O)(=O)N1CCCC(C(=O)O)C1. The topological polar surface area (TPSA) is 74.7 Å². The Bertz CT molecular complexity index is 580. The Balaban J connectivity index is 2.25. The molecule has 20 heavy (non-hydrogen) atoms. The van der Waals surface area contributed by atoms with Crippen molar-refractivity contribution in [3.8, 4) is 0 Å². The molecule has 0 aliphatic carbocycles. The van der Waals surface area contributed by atoms with Crippen molar-refractivity contribution in [2.45, 2.75) is 18.1 Å². The van der Waals surface area contributed by atoms with Crippen molar-refractivity contribution in [2.75, 3.05) is 13.1 Å². The lowest BCUT2D eigenvalue weighted by atomic mass is 10.0. The predicted molar refractivity (Wildman–Crippen MR) is 78.1 cm³/mol. The van der Waals surface area contributed by atoms with Crippen molar-refractivity contribution in [3.05, 3.63) is 35.0 Å². The quantitative estimate of drug-likeness (QED) is 0.844. The number of sulfonamides is 1. The largest absolute Gasteiger partial charge is 0.481 e. The molecule has 1 saturated heterocycles. The number of rotatable bonds is 5. The van der Waals surface area contributed by atoms with E-state index < -0.39 is 27.2 Å². The zero-order chi connectivity index (χ0) is 14.8. The van der Waals surface area contributed by atoms with Gasteiger partial charge in [-0.3, -0.25) is 4.79 Å². The van der Waals surface area contributed by atoms with E-state index in [4.69, 9.17) is 5.11 Å². The first kappa shape index (κ1) is 15.2. The Morgan fingerprint density at radius 3 is 2.90 bits per heavy atom. The van der Waals surface area contributed by atoms with Crippen molar-refractivity contribution in [1.29, 1.82) is 0 Å². The van der Waals surface area contributed by atoms with E-state index >= 15 is 0 Å². The number of thiophene rings is 1. The van der Waals surface area contributed by atoms with Gasteiger partial charge in [0, 0.05) is 18.0 Å². The van der Waals surface area contributed by atoms with Gasteiger partial charge in [0.25, 0.3) is 0 Å². The van der Waals surface area contributed by atoms with Crippen molar-refractivity contribution >= 4 is 27.3 Å². The van der Waals surface area contributed by atoms with Gasteiger partial charge in [0.05, 0.1) is 5.92 Å². The van der Waals surface area contributed by atoms with Crippen molar-refractivity contribution < 1.29 is 18.3 Å². The molecule has 2 atom stereocenters. The van der Waals surface area contributed by atoms with Gasteiger partial charge in [-0.2, -0.15) is 0 Å². The molecule has 110 valence electrons. The molecule has 5 nitrogen and oxygen atoms in total. The summed E-state index contributed by atoms with van der Waals surface area (Å²) >= 11 is 1.36. The number of aliphatic carboxylic acids is 1. The minimum atomic E-state index is -3.60. The van der Waals surface area contributed by atoms with Gasteiger partial charge < -0.3 is 5.11 Å². The predicted octanol–water partition coefficient (Wildman–Crippen LogP) is 2.10. The fourth-order valence-corrected chi connectivity index (χ4v) is 5.31. The van der Waals surface area contributed by atoms with Crippen LogP contribution in [0.5, 0.6) is 0 Å². The number of nitrogens with zero attached hydrogens (tertiary/aromatic N) is 1. The second-order valence-electron chi connectivity index (χ2n) is 4.75. The molecule has 7 heteroatoms. The average molecular weight is 315 g/mol. The average Bonchev–Trinajstić information content (AvgIpc) is 2.93. The van der Waals surface area contributed by atoms with Gasteiger partial charge in [-0.1, -0.05) is 12.1 Å². The number of carboxylic acids is 1. The molecule has 1 aliphatic heterocycles. The van der Waals surface area contributed by atoms with Crippen molar-refractivity contribution in [3.63, 3.8) is 0 Å². The highest BCUT2D eigenvalue weighted by Crippen LogP contribution is 2.32. The number of carboxylic acid groups (broad SMARTS) is 1. The molecule has 0 bridgehead atoms. The summed E-state index contributed by atoms with van der Waals surface area (Å²) < 4.78 is 26.6. The van der Waals surface area contributed by atoms with Crippen LogP contribution >= 0.6 is 11.3 Å². The van der Waals surface area contributed by atoms with Crippen LogP contribution in [0.4, 0.5) is 0 Å². The molecule has 0 spiro atoms. The van der Waals surface area contributed by atoms with E-state index in [9.17, 15) is 13.2 Å². The number of piperidine rings is 1. The molecule has 2 heterocycles. The van der Waals surface area contributed by atoms with E-state index in [1.807, 2.05) is 5.38 Å². The molecule has 1 aliphatic rings. The molecule has 2 unspecified atom stereocenters. The first-order valence-corrected chi connectivity index (χ1v) is 8.73. The first-order chi connectivity index (χ1) is 9.46. The van der Waals surface area contributed by atoms with E-state index in [0.717, 1.165) is 0 Å². The smallest absolute Gasteiger partial charge is 0.307 e. The van der Waals surface area contributed by atoms with Gasteiger partial charge in [0.15, 0.2) is 0 Å². The van der Waals surface area contributed by atoms with Crippen LogP contribution in [0.2, 0.25) is 0 Å². The van der Waals surface area contributed by atoms with Crippen molar-refractivity contribution in [2.24, 2.45) is 5.92 Å². The van der Waals surface area contributed by atoms with Gasteiger partial charge >= 0.3 is 5.97 Å². The Hall–Kier alpha value is -1.18. The third kappa shape index (κ3) is 2.94. The molecular weight excluding hydrogens is 298 g/mol. The van der Waals surface area contributed by atoms with E-state index in [1.54, 1.807) is 12.1 Å². The van der Waals surface area contributed by atoms with Gasteiger partial charge in [-0.15, -0.1) is 17.9 Å². The molecular formula is C13H17NO4S2. The second kappa shape index (κ2) is 6.07. The number of hydrogen-bond acceptors (Lipinski definition) is 4. The summed E-state index contributed by atoms with van der Waals surface area (Å²) in [5, 5.41) is 10.1. The van der Waals surface area contributed by atoms with Crippen LogP contribution in [-0.2, 0) is 14.8 Å². The monoisotopic (exact) mass is 315 g/mol. The lowest BCUT2D eigenvalue weighted by Gasteiger charge is -2.31. The van der Waals surface area contributed by atoms with Crippen LogP contribution in [0.3, 0.4) is 0 Å². The van der Waals surface area contributed by atoms with E-state index in [1.165, 1.54) is 21.7 Å². The Labute approximate surface area is 122 Å². The zero-order valence-corrected chi connectivity index (χ0v) is 12.6. The molecule has 0 saturated carbocycles. The Morgan fingerprint density at radius 2 is 2.35 bits per heavy atom. The number of hydrogen-bond donors (Lipinski definition) is 1. The summed E-state index contributed by atoms with van der Waals surface area (Å²) in [5.41, 5.74) is 0. The molecule has 0 amide bonds. The highest BCUT2D eigenvalue weighted by atomic mass is 32.2. The van der Waals surface area contributed by atoms with Crippen molar-refractivity contribution in [1.82, 2.24) is 4.31 Å². The van der Waals surface area contributed by atoms with E-state index in [-0.39, 0.29) is 6.54 Å². The van der Waals surface area contributed by atoms with Crippen LogP contribution in [0, 0.1) is 5.92 Å². The minimum Gasteiger partial charge on any atom is -0.481 e. The maximum Gasteiger partial charge on any atom is 0.307 e. The highest BCUT2D eigenvalue weighted by molar-refractivity contribution is 7.89. The van der Waals surface area contributed by atoms with E-state index in [2.05, 4.69) is 6.58 Å². The Kier molecular flexibility index (Phi) is 4.62. The van der Waals surface area contributed by atoms with E-state index in [0.29, 0.717) is 24.3 Å². The Morgan fingerprint density at radius 1 is 1.60 bits per heavy atom. The van der Waals surface area contributed by atoms with Crippen LogP contribution in [0.25, 0.3) is 0 Å². The molecule has 1 N–H and O–H groups in total. The highest BCUT2D eigenvalue weighted by Gasteiger charge is 2.36. The molecule has 1 aromatic rings. The van der Waals surface area contributed by atoms with Crippen LogP contribution in [0.1, 0.15) is 23.0 Å². The first-order valence-electron chi connectivity index (χ1n) is 6.34. The summed E-state index contributed by atoms with van der Waals surface area (Å²) in [5.74, 6) is -1.55. The number of carbonyl (C=O) groups is 1. The molecule has 1 fully saturated rings. The summed E-state index contributed by atoms with van der Waals surface area (Å²) in [6, 6.07) is 3.55. The van der Waals surface area contributed by atoms with Crippen LogP contribution in [0.15, 0.2) is 30.2 Å². The molecule has 2 rings (SSSR count). The standard InChI is InChI=1S/C13H17NO4S2/c1-2-12(11-6-4-8-19-11)20(17,18)14-7-3-5-10(9-14)13(15)16/h2,4,6,8,10,12H,1,3,5,7,9H2,(H,15,16). The fraction of sp³-hybridized carbons (Fsp3) is 0.462. The fourth-order valence-electron chi connectivity index (χ4n) is 2.37. The second-order valence-corrected chi connectivity index (χ2v) is 7.79. The van der Waals surface area contributed by atoms with Crippen LogP contribution in [-0.4, -0.2) is 36.9 Å². The maximum atomic E-state index is 12.7. The van der Waals surface area contributed by atoms with Gasteiger partial charge in [-0.25, -0.2) is 12.7 Å². The van der Waals surface area contributed by atoms with Gasteiger partial charge in [0.2, 0.25) is 10.0 Å². The lowest BCUT2D eigenvalue weighted by molar-refractivity contribution is -0.142. The summed E-state index contributed by atoms with van der Waals surface area (Å²) in [6.45, 7) is 4.04. The molecule has 0 aromatic carbocycles. The van der Waals surface area contributed by atoms with Gasteiger partial charge in [0.1, 0.15) is 5.25 Å². The van der Waals surface area contributed by atoms with Crippen LogP contribution < -0.4 is 0 Å². The van der Waals surface area contributed by atoms with Gasteiger partial charge in [-0.05, 0) is 24.3 Å². The normalized spacial score (nSPS) is 22.3. The molecule has 1 aromatic heterocycles. The third-order valence-corrected chi connectivity index (χ3v) is 6.70. The maximum absolute atomic E-state index is 12.7. The zero-order valence-electron chi connectivity index (χ0n) is 10.9. The minimum absolute atomic E-state index is 0.0490. The third-order valence-electron chi connectivity index (χ3n) is 3.45.